The van der Waals surface area contributed by atoms with Gasteiger partial charge in [0.15, 0.2) is 0 Å². The number of rotatable bonds is 3. The van der Waals surface area contributed by atoms with Crippen LogP contribution < -0.4 is 9.47 Å². The Morgan fingerprint density at radius 1 is 1.06 bits per heavy atom. The van der Waals surface area contributed by atoms with Crippen LogP contribution in [0.15, 0.2) is 60.7 Å². The van der Waals surface area contributed by atoms with Crippen LogP contribution in [0.4, 0.5) is 13.6 Å². The Hall–Kier alpha value is -3.58. The smallest absolute Gasteiger partial charge is 0.416 e. The average Bonchev–Trinajstić information content (AvgIpc) is 3.18. The van der Waals surface area contributed by atoms with E-state index in [0.29, 0.717) is 35.0 Å². The SMILES string of the molecule is COc1ccc(C2c3[nH]c4ccc(Cl)cc4c3CCN2C(=O)Oc2ccc(F)cc2)c(F)c1. The van der Waals surface area contributed by atoms with Gasteiger partial charge in [-0.25, -0.2) is 13.6 Å². The number of aromatic nitrogens is 1. The number of hydrogen-bond acceptors (Lipinski definition) is 3. The molecule has 1 amide bonds. The molecule has 2 heterocycles. The number of amides is 1. The number of nitrogens with zero attached hydrogens (tertiary/aromatic N) is 1. The van der Waals surface area contributed by atoms with E-state index in [1.165, 1.54) is 42.3 Å². The molecule has 0 radical (unpaired) electrons. The summed E-state index contributed by atoms with van der Waals surface area (Å²) >= 11 is 6.21. The highest BCUT2D eigenvalue weighted by molar-refractivity contribution is 6.31. The predicted octanol–water partition coefficient (Wildman–Crippen LogP) is 6.25. The van der Waals surface area contributed by atoms with Gasteiger partial charge in [0.25, 0.3) is 0 Å². The maximum atomic E-state index is 15.2. The maximum absolute atomic E-state index is 15.2. The van der Waals surface area contributed by atoms with Gasteiger partial charge in [0.1, 0.15) is 29.2 Å². The van der Waals surface area contributed by atoms with Crippen molar-refractivity contribution in [1.29, 1.82) is 0 Å². The lowest BCUT2D eigenvalue weighted by Gasteiger charge is -2.35. The second-order valence-corrected chi connectivity index (χ2v) is 8.20. The molecule has 0 spiro atoms. The monoisotopic (exact) mass is 468 g/mol. The second-order valence-electron chi connectivity index (χ2n) is 7.76. The molecule has 8 heteroatoms. The molecule has 0 saturated heterocycles. The van der Waals surface area contributed by atoms with Crippen LogP contribution >= 0.6 is 11.6 Å². The Morgan fingerprint density at radius 2 is 1.82 bits per heavy atom. The number of methoxy groups -OCH3 is 1. The van der Waals surface area contributed by atoms with Gasteiger partial charge in [-0.15, -0.1) is 0 Å². The molecule has 33 heavy (non-hydrogen) atoms. The fraction of sp³-hybridized carbons (Fsp3) is 0.160. The molecule has 1 aliphatic heterocycles. The van der Waals surface area contributed by atoms with E-state index in [2.05, 4.69) is 4.98 Å². The predicted molar refractivity (Wildman–Crippen MR) is 121 cm³/mol. The van der Waals surface area contributed by atoms with Gasteiger partial charge < -0.3 is 14.5 Å². The van der Waals surface area contributed by atoms with Crippen molar-refractivity contribution in [3.05, 3.63) is 94.1 Å². The molecule has 5 nitrogen and oxygen atoms in total. The van der Waals surface area contributed by atoms with E-state index in [1.807, 2.05) is 12.1 Å². The normalized spacial score (nSPS) is 15.4. The number of halogens is 3. The van der Waals surface area contributed by atoms with E-state index in [-0.39, 0.29) is 5.75 Å². The van der Waals surface area contributed by atoms with Crippen LogP contribution in [-0.4, -0.2) is 29.6 Å². The Labute approximate surface area is 193 Å². The fourth-order valence-corrected chi connectivity index (χ4v) is 4.47. The lowest BCUT2D eigenvalue weighted by Crippen LogP contribution is -2.42. The summed E-state index contributed by atoms with van der Waals surface area (Å²) in [6.07, 6.45) is -0.133. The van der Waals surface area contributed by atoms with Crippen LogP contribution in [0.1, 0.15) is 22.9 Å². The molecule has 1 aromatic heterocycles. The highest BCUT2D eigenvalue weighted by Gasteiger charge is 2.37. The Bertz CT molecular complexity index is 1350. The summed E-state index contributed by atoms with van der Waals surface area (Å²) in [5, 5.41) is 1.53. The van der Waals surface area contributed by atoms with Gasteiger partial charge in [-0.05, 0) is 66.6 Å². The first kappa shape index (κ1) is 21.3. The number of ether oxygens (including phenoxy) is 2. The minimum absolute atomic E-state index is 0.199. The first-order valence-electron chi connectivity index (χ1n) is 10.3. The van der Waals surface area contributed by atoms with Crippen molar-refractivity contribution in [3.8, 4) is 11.5 Å². The summed E-state index contributed by atoms with van der Waals surface area (Å²) < 4.78 is 39.1. The van der Waals surface area contributed by atoms with Crippen LogP contribution in [0, 0.1) is 11.6 Å². The molecule has 1 aliphatic rings. The molecule has 0 aliphatic carbocycles. The molecule has 0 fully saturated rings. The van der Waals surface area contributed by atoms with E-state index < -0.39 is 23.8 Å². The van der Waals surface area contributed by atoms with Crippen LogP contribution in [-0.2, 0) is 6.42 Å². The summed E-state index contributed by atoms with van der Waals surface area (Å²) in [4.78, 5) is 18.0. The quantitative estimate of drug-likeness (QED) is 0.386. The highest BCUT2D eigenvalue weighted by atomic mass is 35.5. The topological polar surface area (TPSA) is 54.6 Å². The molecule has 168 valence electrons. The van der Waals surface area contributed by atoms with Gasteiger partial charge in [-0.1, -0.05) is 11.6 Å². The fourth-order valence-electron chi connectivity index (χ4n) is 4.30. The summed E-state index contributed by atoms with van der Waals surface area (Å²) in [7, 11) is 1.46. The van der Waals surface area contributed by atoms with Crippen LogP contribution in [0.3, 0.4) is 0 Å². The zero-order chi connectivity index (χ0) is 23.1. The summed E-state index contributed by atoms with van der Waals surface area (Å²) in [6, 6.07) is 14.4. The molecule has 4 aromatic rings. The Balaban J connectivity index is 1.61. The van der Waals surface area contributed by atoms with E-state index in [1.54, 1.807) is 18.2 Å². The molecule has 0 bridgehead atoms. The standard InChI is InChI=1S/C25H19ClF2N2O3/c1-32-17-7-8-19(21(28)13-17)24-23-18(20-12-14(26)2-9-22(20)29-23)10-11-30(24)25(31)33-16-5-3-15(27)4-6-16/h2-9,12-13,24,29H,10-11H2,1H3. The zero-order valence-electron chi connectivity index (χ0n) is 17.6. The summed E-state index contributed by atoms with van der Waals surface area (Å²) in [5.74, 6) is -0.378. The number of H-pyrrole nitrogens is 1. The molecular weight excluding hydrogens is 450 g/mol. The largest absolute Gasteiger partial charge is 0.497 e. The number of benzene rings is 3. The van der Waals surface area contributed by atoms with Crippen molar-refractivity contribution in [2.24, 2.45) is 0 Å². The van der Waals surface area contributed by atoms with E-state index in [9.17, 15) is 9.18 Å². The van der Waals surface area contributed by atoms with Crippen LogP contribution in [0.25, 0.3) is 10.9 Å². The van der Waals surface area contributed by atoms with Gasteiger partial charge in [0.2, 0.25) is 0 Å². The van der Waals surface area contributed by atoms with Gasteiger partial charge in [0.05, 0.1) is 7.11 Å². The molecular formula is C25H19ClF2N2O3. The Kier molecular flexibility index (Phi) is 5.42. The zero-order valence-corrected chi connectivity index (χ0v) is 18.3. The van der Waals surface area contributed by atoms with Crippen molar-refractivity contribution in [2.45, 2.75) is 12.5 Å². The van der Waals surface area contributed by atoms with Crippen molar-refractivity contribution in [2.75, 3.05) is 13.7 Å². The first-order chi connectivity index (χ1) is 15.9. The number of fused-ring (bicyclic) bond motifs is 3. The molecule has 3 aromatic carbocycles. The Morgan fingerprint density at radius 3 is 2.55 bits per heavy atom. The van der Waals surface area contributed by atoms with E-state index >= 15 is 4.39 Å². The molecule has 0 saturated carbocycles. The van der Waals surface area contributed by atoms with Gasteiger partial charge in [0, 0.05) is 39.8 Å². The van der Waals surface area contributed by atoms with Crippen LogP contribution in [0.2, 0.25) is 5.02 Å². The third-order valence-electron chi connectivity index (χ3n) is 5.84. The molecule has 1 atom stereocenters. The van der Waals surface area contributed by atoms with Gasteiger partial charge in [-0.2, -0.15) is 0 Å². The molecule has 1 unspecified atom stereocenters. The summed E-state index contributed by atoms with van der Waals surface area (Å²) in [5.41, 5.74) is 2.81. The lowest BCUT2D eigenvalue weighted by atomic mass is 9.92. The third kappa shape index (κ3) is 3.89. The molecule has 1 N–H and O–H groups in total. The van der Waals surface area contributed by atoms with Crippen molar-refractivity contribution < 1.29 is 23.0 Å². The summed E-state index contributed by atoms with van der Waals surface area (Å²) in [6.45, 7) is 0.294. The number of nitrogens with one attached hydrogen (secondary N) is 1. The first-order valence-corrected chi connectivity index (χ1v) is 10.7. The van der Waals surface area contributed by atoms with Crippen molar-refractivity contribution in [3.63, 3.8) is 0 Å². The molecule has 5 rings (SSSR count). The minimum atomic E-state index is -0.765. The highest BCUT2D eigenvalue weighted by Crippen LogP contribution is 2.40. The second kappa shape index (κ2) is 8.41. The third-order valence-corrected chi connectivity index (χ3v) is 6.08. The van der Waals surface area contributed by atoms with Crippen LogP contribution in [0.5, 0.6) is 11.5 Å². The maximum Gasteiger partial charge on any atom is 0.416 e. The van der Waals surface area contributed by atoms with Crippen molar-refractivity contribution >= 4 is 28.6 Å². The lowest BCUT2D eigenvalue weighted by molar-refractivity contribution is 0.134. The number of hydrogen-bond donors (Lipinski definition) is 1. The van der Waals surface area contributed by atoms with Gasteiger partial charge >= 0.3 is 6.09 Å². The van der Waals surface area contributed by atoms with E-state index in [4.69, 9.17) is 21.1 Å². The van der Waals surface area contributed by atoms with Gasteiger partial charge in [-0.3, -0.25) is 4.90 Å². The number of aromatic amines is 1. The number of carbonyl (C=O) groups is 1. The van der Waals surface area contributed by atoms with E-state index in [0.717, 1.165) is 16.5 Å². The van der Waals surface area contributed by atoms with Crippen molar-refractivity contribution in [1.82, 2.24) is 9.88 Å². The number of carbonyl (C=O) groups excluding carboxylic acids is 1. The average molecular weight is 469 g/mol. The minimum Gasteiger partial charge on any atom is -0.497 e.